The van der Waals surface area contributed by atoms with Gasteiger partial charge in [-0.25, -0.2) is 10.9 Å². The molecular formula is C24H24N6O2. The fourth-order valence-electron chi connectivity index (χ4n) is 3.43. The van der Waals surface area contributed by atoms with Gasteiger partial charge in [0.1, 0.15) is 0 Å². The summed E-state index contributed by atoms with van der Waals surface area (Å²) in [6.07, 6.45) is 8.72. The molecule has 8 nitrogen and oxygen atoms in total. The Labute approximate surface area is 184 Å². The van der Waals surface area contributed by atoms with Crippen molar-refractivity contribution in [3.8, 4) is 0 Å². The average Bonchev–Trinajstić information content (AvgIpc) is 3.41. The van der Waals surface area contributed by atoms with Crippen LogP contribution >= 0.6 is 0 Å². The monoisotopic (exact) mass is 428 g/mol. The summed E-state index contributed by atoms with van der Waals surface area (Å²) in [6, 6.07) is 15.8. The van der Waals surface area contributed by atoms with E-state index in [2.05, 4.69) is 31.0 Å². The summed E-state index contributed by atoms with van der Waals surface area (Å²) in [5.41, 5.74) is 8.91. The normalized spacial score (nSPS) is 11.6. The molecule has 4 N–H and O–H groups in total. The van der Waals surface area contributed by atoms with Crippen LogP contribution in [0.4, 0.5) is 0 Å². The quantitative estimate of drug-likeness (QED) is 0.184. The lowest BCUT2D eigenvalue weighted by atomic mass is 10.2. The molecule has 0 aliphatic carbocycles. The highest BCUT2D eigenvalue weighted by Crippen LogP contribution is 2.16. The lowest BCUT2D eigenvalue weighted by molar-refractivity contribution is -0.123. The molecule has 2 amide bonds. The van der Waals surface area contributed by atoms with E-state index in [0.29, 0.717) is 25.7 Å². The van der Waals surface area contributed by atoms with Crippen LogP contribution in [0.5, 0.6) is 0 Å². The average molecular weight is 428 g/mol. The van der Waals surface area contributed by atoms with E-state index in [1.807, 2.05) is 60.9 Å². The van der Waals surface area contributed by atoms with Gasteiger partial charge in [0, 0.05) is 58.2 Å². The van der Waals surface area contributed by atoms with Gasteiger partial charge in [0.15, 0.2) is 0 Å². The predicted molar refractivity (Wildman–Crippen MR) is 127 cm³/mol. The van der Waals surface area contributed by atoms with E-state index in [4.69, 9.17) is 0 Å². The van der Waals surface area contributed by atoms with E-state index in [9.17, 15) is 9.59 Å². The second-order valence-corrected chi connectivity index (χ2v) is 7.37. The molecule has 2 aromatic heterocycles. The maximum atomic E-state index is 11.9. The second kappa shape index (κ2) is 10.2. The number of unbranched alkanes of at least 4 members (excludes halogenated alkanes) is 1. The molecule has 0 fully saturated rings. The first-order valence-electron chi connectivity index (χ1n) is 10.5. The van der Waals surface area contributed by atoms with Crippen molar-refractivity contribution in [1.29, 1.82) is 0 Å². The van der Waals surface area contributed by atoms with Crippen molar-refractivity contribution < 1.29 is 9.59 Å². The third kappa shape index (κ3) is 5.28. The number of fused-ring (bicyclic) bond motifs is 2. The molecule has 0 spiro atoms. The zero-order chi connectivity index (χ0) is 22.2. The van der Waals surface area contributed by atoms with E-state index in [1.54, 1.807) is 12.4 Å². The Balaban J connectivity index is 1.13. The van der Waals surface area contributed by atoms with Gasteiger partial charge in [0.25, 0.3) is 0 Å². The number of H-pyrrole nitrogens is 2. The zero-order valence-electron chi connectivity index (χ0n) is 17.5. The smallest absolute Gasteiger partial charge is 0.240 e. The molecule has 2 aromatic carbocycles. The molecule has 2 heterocycles. The van der Waals surface area contributed by atoms with Crippen molar-refractivity contribution in [1.82, 2.24) is 20.8 Å². The molecule has 0 saturated heterocycles. The van der Waals surface area contributed by atoms with Gasteiger partial charge >= 0.3 is 0 Å². The number of nitrogens with one attached hydrogen (secondary N) is 4. The predicted octanol–water partition coefficient (Wildman–Crippen LogP) is 3.81. The van der Waals surface area contributed by atoms with Crippen molar-refractivity contribution >= 4 is 46.0 Å². The summed E-state index contributed by atoms with van der Waals surface area (Å²) < 4.78 is 0. The van der Waals surface area contributed by atoms with Gasteiger partial charge in [-0.2, -0.15) is 10.2 Å². The van der Waals surface area contributed by atoms with Crippen LogP contribution in [0, 0.1) is 0 Å². The van der Waals surface area contributed by atoms with E-state index in [0.717, 1.165) is 32.9 Å². The van der Waals surface area contributed by atoms with Crippen molar-refractivity contribution in [3.05, 3.63) is 72.1 Å². The number of amides is 2. The number of hydrogen-bond donors (Lipinski definition) is 4. The van der Waals surface area contributed by atoms with Crippen LogP contribution in [0.3, 0.4) is 0 Å². The fraction of sp³-hybridized carbons (Fsp3) is 0.167. The van der Waals surface area contributed by atoms with Crippen molar-refractivity contribution in [2.75, 3.05) is 0 Å². The first-order chi connectivity index (χ1) is 15.7. The zero-order valence-corrected chi connectivity index (χ0v) is 17.5. The third-order valence-electron chi connectivity index (χ3n) is 5.09. The van der Waals surface area contributed by atoms with Crippen LogP contribution in [0.25, 0.3) is 21.8 Å². The summed E-state index contributed by atoms with van der Waals surface area (Å²) in [4.78, 5) is 30.2. The maximum absolute atomic E-state index is 11.9. The van der Waals surface area contributed by atoms with Crippen LogP contribution in [0.1, 0.15) is 36.8 Å². The van der Waals surface area contributed by atoms with Gasteiger partial charge in [0.05, 0.1) is 12.4 Å². The van der Waals surface area contributed by atoms with Crippen LogP contribution in [0.15, 0.2) is 71.1 Å². The summed E-state index contributed by atoms with van der Waals surface area (Å²) >= 11 is 0. The summed E-state index contributed by atoms with van der Waals surface area (Å²) in [7, 11) is 0. The number of para-hydroxylation sites is 2. The molecule has 0 saturated carbocycles. The van der Waals surface area contributed by atoms with Gasteiger partial charge in [-0.3, -0.25) is 9.59 Å². The van der Waals surface area contributed by atoms with E-state index >= 15 is 0 Å². The molecule has 0 unspecified atom stereocenters. The molecule has 162 valence electrons. The Kier molecular flexibility index (Phi) is 6.72. The van der Waals surface area contributed by atoms with E-state index < -0.39 is 0 Å². The Bertz CT molecular complexity index is 1180. The highest BCUT2D eigenvalue weighted by molar-refractivity contribution is 6.00. The lowest BCUT2D eigenvalue weighted by Gasteiger charge is -2.01. The minimum Gasteiger partial charge on any atom is -0.361 e. The summed E-state index contributed by atoms with van der Waals surface area (Å²) in [5, 5.41) is 10.1. The van der Waals surface area contributed by atoms with Crippen LogP contribution in [0.2, 0.25) is 0 Å². The Morgan fingerprint density at radius 3 is 1.62 bits per heavy atom. The number of rotatable bonds is 9. The van der Waals surface area contributed by atoms with Crippen LogP contribution in [-0.4, -0.2) is 34.2 Å². The van der Waals surface area contributed by atoms with Crippen LogP contribution in [-0.2, 0) is 9.59 Å². The minimum absolute atomic E-state index is 0.182. The van der Waals surface area contributed by atoms with Gasteiger partial charge < -0.3 is 9.97 Å². The third-order valence-corrected chi connectivity index (χ3v) is 5.09. The maximum Gasteiger partial charge on any atom is 0.240 e. The Morgan fingerprint density at radius 2 is 1.16 bits per heavy atom. The molecule has 0 atom stereocenters. The largest absolute Gasteiger partial charge is 0.361 e. The van der Waals surface area contributed by atoms with Gasteiger partial charge in [0.2, 0.25) is 11.8 Å². The molecule has 4 aromatic rings. The Hall–Kier alpha value is -4.20. The fourth-order valence-corrected chi connectivity index (χ4v) is 3.43. The summed E-state index contributed by atoms with van der Waals surface area (Å²) in [6.45, 7) is 0. The molecule has 0 radical (unpaired) electrons. The number of benzene rings is 2. The number of aromatic amines is 2. The second-order valence-electron chi connectivity index (χ2n) is 7.37. The summed E-state index contributed by atoms with van der Waals surface area (Å²) in [5.74, 6) is -0.363. The molecule has 4 rings (SSSR count). The van der Waals surface area contributed by atoms with Crippen molar-refractivity contribution in [2.24, 2.45) is 10.2 Å². The number of carbonyl (C=O) groups excluding carboxylic acids is 2. The molecule has 8 heteroatoms. The minimum atomic E-state index is -0.182. The first kappa shape index (κ1) is 21.0. The first-order valence-corrected chi connectivity index (χ1v) is 10.5. The number of aromatic nitrogens is 2. The molecule has 0 aliphatic heterocycles. The number of carbonyl (C=O) groups is 2. The number of hydrogen-bond acceptors (Lipinski definition) is 4. The number of hydrazone groups is 2. The van der Waals surface area contributed by atoms with Crippen molar-refractivity contribution in [2.45, 2.75) is 25.7 Å². The molecule has 0 aliphatic rings. The topological polar surface area (TPSA) is 114 Å². The van der Waals surface area contributed by atoms with Gasteiger partial charge in [-0.05, 0) is 25.0 Å². The highest BCUT2D eigenvalue weighted by Gasteiger charge is 2.04. The molecule has 0 bridgehead atoms. The number of nitrogens with zero attached hydrogens (tertiary/aromatic N) is 2. The highest BCUT2D eigenvalue weighted by atomic mass is 16.2. The standard InChI is InChI=1S/C24H24N6O2/c31-23(29-27-15-17-13-25-21-9-3-1-7-19(17)21)11-5-6-12-24(32)30-28-16-18-14-26-22-10-4-2-8-20(18)22/h1-4,7-10,13-16,25-26H,5-6,11-12H2,(H,29,31)(H,30,32). The molecule has 32 heavy (non-hydrogen) atoms. The van der Waals surface area contributed by atoms with E-state index in [-0.39, 0.29) is 11.8 Å². The molecular weight excluding hydrogens is 404 g/mol. The van der Waals surface area contributed by atoms with E-state index in [1.165, 1.54) is 0 Å². The van der Waals surface area contributed by atoms with Crippen molar-refractivity contribution in [3.63, 3.8) is 0 Å². The van der Waals surface area contributed by atoms with Gasteiger partial charge in [-0.15, -0.1) is 0 Å². The van der Waals surface area contributed by atoms with Crippen LogP contribution < -0.4 is 10.9 Å². The Morgan fingerprint density at radius 1 is 0.719 bits per heavy atom. The van der Waals surface area contributed by atoms with Gasteiger partial charge in [-0.1, -0.05) is 36.4 Å². The SMILES string of the molecule is O=C(CCCCC(=O)NN=Cc1c[nH]c2ccccc12)NN=Cc1c[nH]c2ccccc12. The lowest BCUT2D eigenvalue weighted by Crippen LogP contribution is -2.18.